The highest BCUT2D eigenvalue weighted by molar-refractivity contribution is 5.65. The van der Waals surface area contributed by atoms with Crippen LogP contribution in [0.1, 0.15) is 20.3 Å². The third kappa shape index (κ3) is 2.54. The van der Waals surface area contributed by atoms with Gasteiger partial charge < -0.3 is 16.2 Å². The van der Waals surface area contributed by atoms with E-state index in [1.165, 1.54) is 0 Å². The van der Waals surface area contributed by atoms with Gasteiger partial charge in [-0.15, -0.1) is 0 Å². The number of benzene rings is 1. The van der Waals surface area contributed by atoms with Crippen LogP contribution in [0.15, 0.2) is 18.2 Å². The maximum Gasteiger partial charge on any atom is 0.121 e. The third-order valence-electron chi connectivity index (χ3n) is 1.97. The molecule has 0 saturated heterocycles. The number of ether oxygens (including phenoxy) is 1. The lowest BCUT2D eigenvalue weighted by Crippen LogP contribution is -2.10. The minimum Gasteiger partial charge on any atom is -0.491 e. The second-order valence-electron chi connectivity index (χ2n) is 3.13. The molecule has 0 radical (unpaired) electrons. The van der Waals surface area contributed by atoms with Crippen molar-refractivity contribution in [3.63, 3.8) is 0 Å². The summed E-state index contributed by atoms with van der Waals surface area (Å²) in [7, 11) is 0. The first kappa shape index (κ1) is 9.71. The molecule has 0 heterocycles. The molecule has 72 valence electrons. The zero-order valence-corrected chi connectivity index (χ0v) is 8.08. The van der Waals surface area contributed by atoms with Gasteiger partial charge in [0, 0.05) is 6.07 Å². The molecule has 3 heteroatoms. The molecular weight excluding hydrogens is 164 g/mol. The second-order valence-corrected chi connectivity index (χ2v) is 3.13. The van der Waals surface area contributed by atoms with Crippen molar-refractivity contribution in [3.05, 3.63) is 18.2 Å². The fourth-order valence-electron chi connectivity index (χ4n) is 0.942. The molecule has 0 bridgehead atoms. The van der Waals surface area contributed by atoms with Gasteiger partial charge in [0.1, 0.15) is 5.75 Å². The summed E-state index contributed by atoms with van der Waals surface area (Å²) in [6.07, 6.45) is 1.19. The van der Waals surface area contributed by atoms with Gasteiger partial charge in [-0.05, 0) is 25.5 Å². The van der Waals surface area contributed by atoms with Gasteiger partial charge in [0.15, 0.2) is 0 Å². The van der Waals surface area contributed by atoms with Crippen molar-refractivity contribution in [3.8, 4) is 5.75 Å². The Kier molecular flexibility index (Phi) is 3.01. The normalized spacial score (nSPS) is 12.5. The molecule has 1 atom stereocenters. The van der Waals surface area contributed by atoms with E-state index in [4.69, 9.17) is 16.2 Å². The summed E-state index contributed by atoms with van der Waals surface area (Å²) in [4.78, 5) is 0. The smallest absolute Gasteiger partial charge is 0.121 e. The van der Waals surface area contributed by atoms with E-state index in [1.54, 1.807) is 12.1 Å². The van der Waals surface area contributed by atoms with Gasteiger partial charge >= 0.3 is 0 Å². The van der Waals surface area contributed by atoms with Crippen LogP contribution >= 0.6 is 0 Å². The largest absolute Gasteiger partial charge is 0.491 e. The van der Waals surface area contributed by atoms with Crippen LogP contribution in [0.2, 0.25) is 0 Å². The van der Waals surface area contributed by atoms with Crippen LogP contribution in [-0.2, 0) is 0 Å². The lowest BCUT2D eigenvalue weighted by atomic mass is 10.2. The molecule has 0 aliphatic heterocycles. The van der Waals surface area contributed by atoms with Gasteiger partial charge in [-0.1, -0.05) is 6.92 Å². The molecule has 1 rings (SSSR count). The van der Waals surface area contributed by atoms with E-state index in [1.807, 2.05) is 13.0 Å². The Labute approximate surface area is 78.7 Å². The molecule has 4 N–H and O–H groups in total. The van der Waals surface area contributed by atoms with Crippen LogP contribution in [0.5, 0.6) is 5.75 Å². The summed E-state index contributed by atoms with van der Waals surface area (Å²) in [6, 6.07) is 5.34. The Bertz CT molecular complexity index is 286. The highest BCUT2D eigenvalue weighted by atomic mass is 16.5. The van der Waals surface area contributed by atoms with Crippen molar-refractivity contribution in [2.75, 3.05) is 11.5 Å². The minimum atomic E-state index is 0.211. The van der Waals surface area contributed by atoms with Crippen molar-refractivity contribution >= 4 is 11.4 Å². The quantitative estimate of drug-likeness (QED) is 0.699. The standard InChI is InChI=1S/C10H16N2O/c1-3-7(2)13-8-4-5-9(11)10(12)6-8/h4-7H,3,11-12H2,1-2H3. The molecule has 1 aromatic rings. The molecule has 0 fully saturated rings. The minimum absolute atomic E-state index is 0.211. The van der Waals surface area contributed by atoms with Crippen LogP contribution in [-0.4, -0.2) is 6.10 Å². The fourth-order valence-corrected chi connectivity index (χ4v) is 0.942. The molecule has 0 aliphatic rings. The van der Waals surface area contributed by atoms with Gasteiger partial charge in [0.05, 0.1) is 17.5 Å². The van der Waals surface area contributed by atoms with Crippen molar-refractivity contribution < 1.29 is 4.74 Å². The number of hydrogen-bond donors (Lipinski definition) is 2. The van der Waals surface area contributed by atoms with Gasteiger partial charge in [-0.2, -0.15) is 0 Å². The molecule has 0 saturated carbocycles. The highest BCUT2D eigenvalue weighted by Crippen LogP contribution is 2.22. The molecule has 1 unspecified atom stereocenters. The Morgan fingerprint density at radius 2 is 2.00 bits per heavy atom. The van der Waals surface area contributed by atoms with Gasteiger partial charge in [0.25, 0.3) is 0 Å². The van der Waals surface area contributed by atoms with E-state index >= 15 is 0 Å². The lowest BCUT2D eigenvalue weighted by Gasteiger charge is -2.13. The van der Waals surface area contributed by atoms with Crippen LogP contribution in [0.3, 0.4) is 0 Å². The first-order chi connectivity index (χ1) is 6.13. The molecule has 0 aliphatic carbocycles. The van der Waals surface area contributed by atoms with E-state index in [0.717, 1.165) is 12.2 Å². The predicted molar refractivity (Wildman–Crippen MR) is 55.6 cm³/mol. The third-order valence-corrected chi connectivity index (χ3v) is 1.97. The van der Waals surface area contributed by atoms with Crippen molar-refractivity contribution in [1.29, 1.82) is 0 Å². The fraction of sp³-hybridized carbons (Fsp3) is 0.400. The number of nitrogen functional groups attached to an aromatic ring is 2. The molecule has 3 nitrogen and oxygen atoms in total. The van der Waals surface area contributed by atoms with Gasteiger partial charge in [0.2, 0.25) is 0 Å². The van der Waals surface area contributed by atoms with Crippen LogP contribution in [0.25, 0.3) is 0 Å². The zero-order valence-electron chi connectivity index (χ0n) is 8.08. The monoisotopic (exact) mass is 180 g/mol. The van der Waals surface area contributed by atoms with Crippen LogP contribution < -0.4 is 16.2 Å². The maximum atomic E-state index is 5.63. The molecule has 0 aromatic heterocycles. The molecule has 0 spiro atoms. The zero-order chi connectivity index (χ0) is 9.84. The molecule has 13 heavy (non-hydrogen) atoms. The van der Waals surface area contributed by atoms with E-state index in [-0.39, 0.29) is 6.10 Å². The summed E-state index contributed by atoms with van der Waals surface area (Å²) in [5.41, 5.74) is 12.4. The Morgan fingerprint density at radius 3 is 2.54 bits per heavy atom. The second kappa shape index (κ2) is 4.03. The number of rotatable bonds is 3. The Hall–Kier alpha value is -1.38. The number of hydrogen-bond acceptors (Lipinski definition) is 3. The summed E-state index contributed by atoms with van der Waals surface area (Å²) in [6.45, 7) is 4.10. The van der Waals surface area contributed by atoms with Crippen LogP contribution in [0, 0.1) is 0 Å². The Balaban J connectivity index is 2.73. The summed E-state index contributed by atoms with van der Waals surface area (Å²) in [5.74, 6) is 0.779. The van der Waals surface area contributed by atoms with Crippen molar-refractivity contribution in [2.24, 2.45) is 0 Å². The topological polar surface area (TPSA) is 61.3 Å². The first-order valence-corrected chi connectivity index (χ1v) is 4.45. The summed E-state index contributed by atoms with van der Waals surface area (Å²) < 4.78 is 5.56. The molecule has 0 amide bonds. The molecule has 1 aromatic carbocycles. The number of anilines is 2. The average molecular weight is 180 g/mol. The van der Waals surface area contributed by atoms with E-state index in [2.05, 4.69) is 6.92 Å². The lowest BCUT2D eigenvalue weighted by molar-refractivity contribution is 0.217. The van der Waals surface area contributed by atoms with E-state index < -0.39 is 0 Å². The van der Waals surface area contributed by atoms with Gasteiger partial charge in [-0.25, -0.2) is 0 Å². The number of nitrogens with two attached hydrogens (primary N) is 2. The van der Waals surface area contributed by atoms with Gasteiger partial charge in [-0.3, -0.25) is 0 Å². The summed E-state index contributed by atoms with van der Waals surface area (Å²) >= 11 is 0. The van der Waals surface area contributed by atoms with Crippen molar-refractivity contribution in [2.45, 2.75) is 26.4 Å². The van der Waals surface area contributed by atoms with Crippen molar-refractivity contribution in [1.82, 2.24) is 0 Å². The first-order valence-electron chi connectivity index (χ1n) is 4.45. The summed E-state index contributed by atoms with van der Waals surface area (Å²) in [5, 5.41) is 0. The Morgan fingerprint density at radius 1 is 1.31 bits per heavy atom. The van der Waals surface area contributed by atoms with E-state index in [0.29, 0.717) is 11.4 Å². The predicted octanol–water partition coefficient (Wildman–Crippen LogP) is 2.03. The molecular formula is C10H16N2O. The van der Waals surface area contributed by atoms with Crippen LogP contribution in [0.4, 0.5) is 11.4 Å². The average Bonchev–Trinajstić information content (AvgIpc) is 2.11. The maximum absolute atomic E-state index is 5.63. The highest BCUT2D eigenvalue weighted by Gasteiger charge is 2.02. The van der Waals surface area contributed by atoms with E-state index in [9.17, 15) is 0 Å². The SMILES string of the molecule is CCC(C)Oc1ccc(N)c(N)c1.